The smallest absolute Gasteiger partial charge is 0.261 e. The number of hydrogen-bond acceptors (Lipinski definition) is 6. The Morgan fingerprint density at radius 2 is 1.93 bits per heavy atom. The molecule has 4 rings (SSSR count). The van der Waals surface area contributed by atoms with Gasteiger partial charge >= 0.3 is 0 Å². The Bertz CT molecular complexity index is 999. The minimum Gasteiger partial charge on any atom is -0.369 e. The molecule has 1 fully saturated rings. The van der Waals surface area contributed by atoms with Crippen molar-refractivity contribution in [3.63, 3.8) is 0 Å². The van der Waals surface area contributed by atoms with E-state index in [0.29, 0.717) is 5.39 Å². The van der Waals surface area contributed by atoms with E-state index in [1.54, 1.807) is 15.6 Å². The van der Waals surface area contributed by atoms with Crippen molar-refractivity contribution in [1.82, 2.24) is 29.4 Å². The summed E-state index contributed by atoms with van der Waals surface area (Å²) in [7, 11) is 1.89. The maximum atomic E-state index is 12.6. The second kappa shape index (κ2) is 7.11. The van der Waals surface area contributed by atoms with Gasteiger partial charge in [-0.15, -0.1) is 5.10 Å². The van der Waals surface area contributed by atoms with E-state index in [0.717, 1.165) is 49.6 Å². The normalized spacial score (nSPS) is 15.8. The fraction of sp³-hybridized carbons (Fsp3) is 0.474. The van der Waals surface area contributed by atoms with Gasteiger partial charge in [-0.05, 0) is 32.0 Å². The van der Waals surface area contributed by atoms with E-state index in [1.807, 2.05) is 45.3 Å². The molecule has 8 heteroatoms. The Morgan fingerprint density at radius 3 is 2.59 bits per heavy atom. The summed E-state index contributed by atoms with van der Waals surface area (Å²) >= 11 is 0. The summed E-state index contributed by atoms with van der Waals surface area (Å²) in [6, 6.07) is 6.08. The Labute approximate surface area is 158 Å². The molecule has 0 atom stereocenters. The number of anilines is 1. The molecule has 1 saturated heterocycles. The molecule has 0 spiro atoms. The highest BCUT2D eigenvalue weighted by Crippen LogP contribution is 2.21. The van der Waals surface area contributed by atoms with Crippen LogP contribution in [0.3, 0.4) is 0 Å². The molecule has 3 aromatic rings. The summed E-state index contributed by atoms with van der Waals surface area (Å²) in [5, 5.41) is 8.84. The largest absolute Gasteiger partial charge is 0.369 e. The molecule has 0 N–H and O–H groups in total. The predicted octanol–water partition coefficient (Wildman–Crippen LogP) is 1.43. The van der Waals surface area contributed by atoms with Crippen molar-refractivity contribution in [3.05, 3.63) is 46.8 Å². The highest BCUT2D eigenvalue weighted by atomic mass is 16.1. The monoisotopic (exact) mass is 367 g/mol. The van der Waals surface area contributed by atoms with Gasteiger partial charge in [-0.25, -0.2) is 4.98 Å². The summed E-state index contributed by atoms with van der Waals surface area (Å²) in [6.07, 6.45) is 3.61. The van der Waals surface area contributed by atoms with Crippen LogP contribution in [0, 0.1) is 0 Å². The average Bonchev–Trinajstić information content (AvgIpc) is 3.07. The Kier molecular flexibility index (Phi) is 4.65. The van der Waals surface area contributed by atoms with Gasteiger partial charge in [0.15, 0.2) is 0 Å². The first kappa shape index (κ1) is 17.7. The summed E-state index contributed by atoms with van der Waals surface area (Å²) in [5.74, 6) is 0. The van der Waals surface area contributed by atoms with Crippen LogP contribution in [0.25, 0.3) is 10.9 Å². The minimum atomic E-state index is 0.0235. The van der Waals surface area contributed by atoms with Crippen LogP contribution in [0.4, 0.5) is 5.69 Å². The number of hydrogen-bond donors (Lipinski definition) is 0. The molecule has 1 aliphatic rings. The Morgan fingerprint density at radius 1 is 1.15 bits per heavy atom. The van der Waals surface area contributed by atoms with Crippen LogP contribution in [-0.2, 0) is 13.6 Å². The van der Waals surface area contributed by atoms with Gasteiger partial charge in [-0.3, -0.25) is 18.9 Å². The second-order valence-electron chi connectivity index (χ2n) is 7.40. The number of aromatic nitrogens is 5. The first-order valence-electron chi connectivity index (χ1n) is 9.34. The van der Waals surface area contributed by atoms with Crippen molar-refractivity contribution in [2.24, 2.45) is 7.05 Å². The topological polar surface area (TPSA) is 72.1 Å². The van der Waals surface area contributed by atoms with Crippen molar-refractivity contribution in [2.75, 3.05) is 31.1 Å². The van der Waals surface area contributed by atoms with Crippen LogP contribution >= 0.6 is 0 Å². The van der Waals surface area contributed by atoms with Crippen molar-refractivity contribution < 1.29 is 0 Å². The Balaban J connectivity index is 1.47. The van der Waals surface area contributed by atoms with Crippen molar-refractivity contribution >= 4 is 16.6 Å². The van der Waals surface area contributed by atoms with Gasteiger partial charge < -0.3 is 4.90 Å². The van der Waals surface area contributed by atoms with E-state index >= 15 is 0 Å². The zero-order valence-electron chi connectivity index (χ0n) is 16.0. The number of benzene rings is 1. The van der Waals surface area contributed by atoms with Gasteiger partial charge in [0, 0.05) is 57.7 Å². The van der Waals surface area contributed by atoms with E-state index in [4.69, 9.17) is 0 Å². The molecule has 27 heavy (non-hydrogen) atoms. The van der Waals surface area contributed by atoms with Gasteiger partial charge in [0.05, 0.1) is 22.9 Å². The molecule has 142 valence electrons. The molecule has 0 aliphatic carbocycles. The molecular weight excluding hydrogens is 342 g/mol. The highest BCUT2D eigenvalue weighted by Gasteiger charge is 2.19. The third-order valence-corrected chi connectivity index (χ3v) is 5.10. The first-order chi connectivity index (χ1) is 13.0. The van der Waals surface area contributed by atoms with Gasteiger partial charge in [-0.1, -0.05) is 5.21 Å². The molecule has 0 bridgehead atoms. The van der Waals surface area contributed by atoms with E-state index in [1.165, 1.54) is 0 Å². The lowest BCUT2D eigenvalue weighted by molar-refractivity contribution is 0.247. The molecular formula is C19H25N7O. The molecule has 0 unspecified atom stereocenters. The van der Waals surface area contributed by atoms with Crippen LogP contribution in [0.15, 0.2) is 35.5 Å². The molecule has 3 heterocycles. The fourth-order valence-corrected chi connectivity index (χ4v) is 3.55. The van der Waals surface area contributed by atoms with Gasteiger partial charge in [0.25, 0.3) is 5.56 Å². The number of piperazine rings is 1. The third-order valence-electron chi connectivity index (χ3n) is 5.10. The van der Waals surface area contributed by atoms with Crippen LogP contribution < -0.4 is 10.5 Å². The molecule has 0 amide bonds. The van der Waals surface area contributed by atoms with E-state index in [2.05, 4.69) is 25.1 Å². The van der Waals surface area contributed by atoms with Gasteiger partial charge in [0.2, 0.25) is 0 Å². The van der Waals surface area contributed by atoms with Crippen LogP contribution in [-0.4, -0.2) is 55.6 Å². The summed E-state index contributed by atoms with van der Waals surface area (Å²) in [6.45, 7) is 8.63. The SMILES string of the molecule is CC(C)n1cnc2cc(N3CCN(Cc4cn(C)nn4)CC3)ccc2c1=O. The number of nitrogens with zero attached hydrogens (tertiary/aromatic N) is 7. The van der Waals surface area contributed by atoms with Crippen LogP contribution in [0.1, 0.15) is 25.6 Å². The number of rotatable bonds is 4. The van der Waals surface area contributed by atoms with Gasteiger partial charge in [0.1, 0.15) is 0 Å². The molecule has 0 radical (unpaired) electrons. The van der Waals surface area contributed by atoms with Crippen LogP contribution in [0.5, 0.6) is 0 Å². The number of fused-ring (bicyclic) bond motifs is 1. The van der Waals surface area contributed by atoms with Crippen LogP contribution in [0.2, 0.25) is 0 Å². The highest BCUT2D eigenvalue weighted by molar-refractivity contribution is 5.81. The molecule has 8 nitrogen and oxygen atoms in total. The van der Waals surface area contributed by atoms with E-state index in [-0.39, 0.29) is 11.6 Å². The second-order valence-corrected chi connectivity index (χ2v) is 7.40. The van der Waals surface area contributed by atoms with Crippen molar-refractivity contribution in [1.29, 1.82) is 0 Å². The maximum absolute atomic E-state index is 12.6. The minimum absolute atomic E-state index is 0.0235. The molecule has 2 aromatic heterocycles. The van der Waals surface area contributed by atoms with Gasteiger partial charge in [-0.2, -0.15) is 0 Å². The fourth-order valence-electron chi connectivity index (χ4n) is 3.55. The quantitative estimate of drug-likeness (QED) is 0.695. The van der Waals surface area contributed by atoms with Crippen molar-refractivity contribution in [2.45, 2.75) is 26.4 Å². The lowest BCUT2D eigenvalue weighted by atomic mass is 10.2. The lowest BCUT2D eigenvalue weighted by Crippen LogP contribution is -2.46. The summed E-state index contributed by atoms with van der Waals surface area (Å²) in [4.78, 5) is 21.8. The molecule has 1 aromatic carbocycles. The van der Waals surface area contributed by atoms with E-state index < -0.39 is 0 Å². The third kappa shape index (κ3) is 3.57. The number of aryl methyl sites for hydroxylation is 1. The standard InChI is InChI=1S/C19H25N7O/c1-14(2)26-13-20-18-10-16(4-5-17(18)19(26)27)25-8-6-24(7-9-25)12-15-11-23(3)22-21-15/h4-5,10-11,13-14H,6-9,12H2,1-3H3. The predicted molar refractivity (Wildman–Crippen MR) is 105 cm³/mol. The molecule has 1 aliphatic heterocycles. The summed E-state index contributed by atoms with van der Waals surface area (Å²) in [5.41, 5.74) is 2.91. The summed E-state index contributed by atoms with van der Waals surface area (Å²) < 4.78 is 3.41. The molecule has 0 saturated carbocycles. The average molecular weight is 367 g/mol. The first-order valence-corrected chi connectivity index (χ1v) is 9.34. The van der Waals surface area contributed by atoms with E-state index in [9.17, 15) is 4.79 Å². The zero-order valence-corrected chi connectivity index (χ0v) is 16.0. The Hall–Kier alpha value is -2.74. The zero-order chi connectivity index (χ0) is 19.0. The lowest BCUT2D eigenvalue weighted by Gasteiger charge is -2.35. The maximum Gasteiger partial charge on any atom is 0.261 e. The van der Waals surface area contributed by atoms with Crippen molar-refractivity contribution in [3.8, 4) is 0 Å².